The van der Waals surface area contributed by atoms with Gasteiger partial charge in [0.2, 0.25) is 11.8 Å². The molecule has 1 heterocycles. The van der Waals surface area contributed by atoms with Crippen LogP contribution in [0.5, 0.6) is 5.88 Å². The summed E-state index contributed by atoms with van der Waals surface area (Å²) in [5.74, 6) is -1.32. The van der Waals surface area contributed by atoms with Gasteiger partial charge in [-0.2, -0.15) is 4.98 Å². The number of methoxy groups -OCH3 is 2. The molecule has 2 aromatic carbocycles. The van der Waals surface area contributed by atoms with Gasteiger partial charge in [-0.1, -0.05) is 36.4 Å². The highest BCUT2D eigenvalue weighted by Gasteiger charge is 2.22. The van der Waals surface area contributed by atoms with E-state index in [1.165, 1.54) is 18.8 Å². The second-order valence-corrected chi connectivity index (χ2v) is 6.30. The normalized spacial score (nSPS) is 10.3. The molecule has 0 saturated heterocycles. The van der Waals surface area contributed by atoms with Crippen LogP contribution < -0.4 is 15.6 Å². The van der Waals surface area contributed by atoms with Crippen molar-refractivity contribution in [3.8, 4) is 11.6 Å². The molecular formula is C22H21N3O6. The molecule has 1 N–H and O–H groups in total. The van der Waals surface area contributed by atoms with Crippen molar-refractivity contribution < 1.29 is 23.8 Å². The van der Waals surface area contributed by atoms with Crippen LogP contribution in [0.4, 0.5) is 11.6 Å². The first kappa shape index (κ1) is 21.6. The van der Waals surface area contributed by atoms with Crippen molar-refractivity contribution in [2.45, 2.75) is 6.42 Å². The molecule has 9 heteroatoms. The first-order chi connectivity index (χ1) is 15.0. The molecule has 0 fully saturated rings. The molecule has 0 aliphatic heterocycles. The molecule has 9 nitrogen and oxygen atoms in total. The molecule has 0 bridgehead atoms. The summed E-state index contributed by atoms with van der Waals surface area (Å²) in [5, 5.41) is 3.09. The Morgan fingerprint density at radius 1 is 0.935 bits per heavy atom. The van der Waals surface area contributed by atoms with E-state index in [-0.39, 0.29) is 23.8 Å². The van der Waals surface area contributed by atoms with Crippen molar-refractivity contribution >= 4 is 23.6 Å². The summed E-state index contributed by atoms with van der Waals surface area (Å²) in [6.45, 7) is -0.475. The number of para-hydroxylation sites is 2. The Morgan fingerprint density at radius 2 is 1.55 bits per heavy atom. The quantitative estimate of drug-likeness (QED) is 0.550. The molecule has 0 saturated carbocycles. The number of hydrogen-bond acceptors (Lipinski definition) is 8. The van der Waals surface area contributed by atoms with Gasteiger partial charge in [0.05, 0.1) is 31.9 Å². The largest absolute Gasteiger partial charge is 0.469 e. The third-order valence-corrected chi connectivity index (χ3v) is 4.29. The minimum atomic E-state index is -0.657. The molecule has 0 aliphatic carbocycles. The van der Waals surface area contributed by atoms with E-state index in [9.17, 15) is 14.4 Å². The molecule has 3 rings (SSSR count). The van der Waals surface area contributed by atoms with Crippen molar-refractivity contribution in [1.29, 1.82) is 0 Å². The predicted molar refractivity (Wildman–Crippen MR) is 113 cm³/mol. The van der Waals surface area contributed by atoms with Crippen LogP contribution in [0.15, 0.2) is 65.5 Å². The lowest BCUT2D eigenvalue weighted by atomic mass is 10.2. The molecule has 0 unspecified atom stereocenters. The number of aromatic nitrogens is 2. The van der Waals surface area contributed by atoms with Crippen LogP contribution in [0, 0.1) is 0 Å². The summed E-state index contributed by atoms with van der Waals surface area (Å²) >= 11 is 0. The van der Waals surface area contributed by atoms with Crippen LogP contribution in [0.25, 0.3) is 5.69 Å². The molecule has 31 heavy (non-hydrogen) atoms. The van der Waals surface area contributed by atoms with E-state index in [4.69, 9.17) is 9.47 Å². The number of hydrogen-bond donors (Lipinski definition) is 1. The highest BCUT2D eigenvalue weighted by atomic mass is 16.6. The fourth-order valence-corrected chi connectivity index (χ4v) is 2.76. The van der Waals surface area contributed by atoms with E-state index in [0.29, 0.717) is 11.4 Å². The molecule has 0 spiro atoms. The second kappa shape index (κ2) is 10.1. The van der Waals surface area contributed by atoms with E-state index in [2.05, 4.69) is 15.0 Å². The van der Waals surface area contributed by atoms with E-state index < -0.39 is 24.1 Å². The van der Waals surface area contributed by atoms with E-state index in [1.54, 1.807) is 36.4 Å². The highest BCUT2D eigenvalue weighted by molar-refractivity contribution is 5.74. The Labute approximate surface area is 178 Å². The fraction of sp³-hybridized carbons (Fsp3) is 0.182. The van der Waals surface area contributed by atoms with Crippen LogP contribution in [-0.2, 0) is 25.5 Å². The maximum atomic E-state index is 13.4. The van der Waals surface area contributed by atoms with Gasteiger partial charge in [0.25, 0.3) is 5.56 Å². The lowest BCUT2D eigenvalue weighted by Gasteiger charge is -2.18. The monoisotopic (exact) mass is 423 g/mol. The Balaban J connectivity index is 2.18. The predicted octanol–water partition coefficient (Wildman–Crippen LogP) is 2.24. The number of carbonyl (C=O) groups excluding carboxylic acids is 2. The summed E-state index contributed by atoms with van der Waals surface area (Å²) in [7, 11) is 2.43. The molecular weight excluding hydrogens is 402 g/mol. The van der Waals surface area contributed by atoms with Crippen molar-refractivity contribution in [2.24, 2.45) is 0 Å². The Morgan fingerprint density at radius 3 is 2.16 bits per heavy atom. The zero-order valence-corrected chi connectivity index (χ0v) is 17.0. The Bertz CT molecular complexity index is 1110. The number of nitrogens with one attached hydrogen (secondary N) is 1. The molecule has 0 amide bonds. The van der Waals surface area contributed by atoms with Gasteiger partial charge in [-0.25, -0.2) is 9.36 Å². The van der Waals surface area contributed by atoms with Crippen LogP contribution in [0.1, 0.15) is 5.56 Å². The SMILES string of the molecule is COC(=O)COc1nc(Nc2ccccc2)n(-c2ccccc2)c(=O)c1CC(=O)OC. The van der Waals surface area contributed by atoms with Gasteiger partial charge in [0.1, 0.15) is 0 Å². The standard InChI is InChI=1S/C22H21N3O6/c1-29-18(26)13-17-20(31-14-19(27)30-2)24-22(23-15-9-5-3-6-10-15)25(21(17)28)16-11-7-4-8-12-16/h3-12H,13-14H2,1-2H3,(H,23,24). The van der Waals surface area contributed by atoms with Crippen LogP contribution in [0.3, 0.4) is 0 Å². The first-order valence-electron chi connectivity index (χ1n) is 9.33. The molecule has 0 aliphatic rings. The zero-order valence-electron chi connectivity index (χ0n) is 17.0. The summed E-state index contributed by atoms with van der Waals surface area (Å²) in [6.07, 6.45) is -0.378. The van der Waals surface area contributed by atoms with Crippen LogP contribution in [0.2, 0.25) is 0 Å². The summed E-state index contributed by atoms with van der Waals surface area (Å²) in [4.78, 5) is 41.4. The number of nitrogens with zero attached hydrogens (tertiary/aromatic N) is 2. The number of benzene rings is 2. The lowest BCUT2D eigenvalue weighted by molar-refractivity contribution is -0.143. The summed E-state index contributed by atoms with van der Waals surface area (Å²) in [6, 6.07) is 17.9. The third kappa shape index (κ3) is 5.27. The number of anilines is 2. The van der Waals surface area contributed by atoms with E-state index in [0.717, 1.165) is 0 Å². The van der Waals surface area contributed by atoms with Gasteiger partial charge in [0, 0.05) is 5.69 Å². The van der Waals surface area contributed by atoms with E-state index in [1.807, 2.05) is 24.3 Å². The lowest BCUT2D eigenvalue weighted by Crippen LogP contribution is -2.29. The molecule has 0 atom stereocenters. The van der Waals surface area contributed by atoms with Crippen molar-refractivity contribution in [2.75, 3.05) is 26.1 Å². The maximum Gasteiger partial charge on any atom is 0.343 e. The highest BCUT2D eigenvalue weighted by Crippen LogP contribution is 2.22. The molecule has 3 aromatic rings. The third-order valence-electron chi connectivity index (χ3n) is 4.29. The van der Waals surface area contributed by atoms with Gasteiger partial charge in [-0.15, -0.1) is 0 Å². The number of carbonyl (C=O) groups is 2. The average Bonchev–Trinajstić information content (AvgIpc) is 2.80. The van der Waals surface area contributed by atoms with Crippen molar-refractivity contribution in [3.05, 3.63) is 76.6 Å². The van der Waals surface area contributed by atoms with Gasteiger partial charge < -0.3 is 19.5 Å². The Kier molecular flexibility index (Phi) is 7.00. The molecule has 0 radical (unpaired) electrons. The van der Waals surface area contributed by atoms with Crippen molar-refractivity contribution in [1.82, 2.24) is 9.55 Å². The maximum absolute atomic E-state index is 13.4. The van der Waals surface area contributed by atoms with Gasteiger partial charge in [-0.05, 0) is 24.3 Å². The second-order valence-electron chi connectivity index (χ2n) is 6.30. The van der Waals surface area contributed by atoms with Crippen LogP contribution >= 0.6 is 0 Å². The van der Waals surface area contributed by atoms with Gasteiger partial charge in [-0.3, -0.25) is 9.59 Å². The fourth-order valence-electron chi connectivity index (χ4n) is 2.76. The number of rotatable bonds is 8. The molecule has 1 aromatic heterocycles. The zero-order chi connectivity index (χ0) is 22.2. The smallest absolute Gasteiger partial charge is 0.343 e. The van der Waals surface area contributed by atoms with Crippen molar-refractivity contribution in [3.63, 3.8) is 0 Å². The van der Waals surface area contributed by atoms with Crippen LogP contribution in [-0.4, -0.2) is 42.3 Å². The minimum Gasteiger partial charge on any atom is -0.469 e. The summed E-state index contributed by atoms with van der Waals surface area (Å²) < 4.78 is 16.1. The minimum absolute atomic E-state index is 0.0433. The Hall–Kier alpha value is -4.14. The van der Waals surface area contributed by atoms with E-state index >= 15 is 0 Å². The number of ether oxygens (including phenoxy) is 3. The molecule has 160 valence electrons. The summed E-state index contributed by atoms with van der Waals surface area (Å²) in [5.41, 5.74) is 0.630. The van der Waals surface area contributed by atoms with Gasteiger partial charge in [0.15, 0.2) is 6.61 Å². The number of esters is 2. The first-order valence-corrected chi connectivity index (χ1v) is 9.33. The average molecular weight is 423 g/mol. The van der Waals surface area contributed by atoms with Gasteiger partial charge >= 0.3 is 11.9 Å². The topological polar surface area (TPSA) is 109 Å².